The summed E-state index contributed by atoms with van der Waals surface area (Å²) in [7, 11) is -80.3. The van der Waals surface area contributed by atoms with Crippen molar-refractivity contribution in [1.29, 1.82) is 0 Å². The Kier molecular flexibility index (Phi) is 22.1. The average molecular weight is 1110 g/mol. The first-order valence-corrected chi connectivity index (χ1v) is 69.7. The third-order valence-corrected chi connectivity index (χ3v) is 149. The van der Waals surface area contributed by atoms with E-state index in [2.05, 4.69) is 0 Å². The van der Waals surface area contributed by atoms with Crippen molar-refractivity contribution in [3.05, 3.63) is 0 Å². The molecular weight excluding hydrogens is 1070 g/mol. The molecule has 0 aromatic carbocycles. The Morgan fingerprint density at radius 2 is 0.660 bits per heavy atom. The van der Waals surface area contributed by atoms with Gasteiger partial charge in [-0.1, -0.05) is 0 Å². The van der Waals surface area contributed by atoms with Crippen molar-refractivity contribution in [2.75, 3.05) is 0 Å². The monoisotopic (exact) mass is 1100 g/mol. The molecule has 0 fully saturated rings. The third kappa shape index (κ3) is 17.3. The highest BCUT2D eigenvalue weighted by Gasteiger charge is 2.56. The average Bonchev–Trinajstić information content (AvgIpc) is 3.03. The molecule has 0 aliphatic rings. The molecule has 0 rings (SSSR count). The third-order valence-electron chi connectivity index (χ3n) is 5.52. The van der Waals surface area contributed by atoms with Gasteiger partial charge in [-0.15, -0.1) is 0 Å². The standard InChI is InChI=1S/C10H32O21Si22/c1-50(2,3)28-32-35(13)38(16)41(19)44(22)42(20)40(18)37(15)34(12)30-53(9,10)49(27)48(26)47(25)46(24)45(23)43(21)39(17)36(14)33(11)29-52(7,8)31-51(4,5)6/h32H2,1-10H3. The Morgan fingerprint density at radius 1 is 0.358 bits per heavy atom. The molecule has 0 aliphatic heterocycles. The van der Waals surface area contributed by atoms with Crippen molar-refractivity contribution in [1.82, 2.24) is 0 Å². The molecule has 43 heteroatoms. The van der Waals surface area contributed by atoms with Crippen molar-refractivity contribution in [3.8, 4) is 0 Å². The zero-order chi connectivity index (χ0) is 42.4. The van der Waals surface area contributed by atoms with Gasteiger partial charge in [-0.3, -0.25) is 0 Å². The second kappa shape index (κ2) is 21.8. The van der Waals surface area contributed by atoms with Crippen LogP contribution in [-0.2, 0) is 92.3 Å². The van der Waals surface area contributed by atoms with Gasteiger partial charge in [-0.2, -0.15) is 0 Å². The maximum absolute atomic E-state index is 13.1. The normalized spacial score (nSPS) is 11.8. The van der Waals surface area contributed by atoms with Crippen LogP contribution in [0.1, 0.15) is 0 Å². The van der Waals surface area contributed by atoms with E-state index in [4.69, 9.17) is 16.5 Å². The van der Waals surface area contributed by atoms with Crippen molar-refractivity contribution >= 4 is 175 Å². The van der Waals surface area contributed by atoms with E-state index >= 15 is 0 Å². The van der Waals surface area contributed by atoms with E-state index in [0.717, 1.165) is 13.1 Å². The highest BCUT2D eigenvalue weighted by Crippen LogP contribution is 2.15. The quantitative estimate of drug-likeness (QED) is 0.0771. The van der Waals surface area contributed by atoms with Crippen molar-refractivity contribution < 1.29 is 92.3 Å². The van der Waals surface area contributed by atoms with Crippen molar-refractivity contribution in [2.24, 2.45) is 0 Å². The Bertz CT molecular complexity index is 1830. The minimum atomic E-state index is -4.17. The molecular formula is C10H32O21Si22. The summed E-state index contributed by atoms with van der Waals surface area (Å²) in [6.45, 7) is 15.5. The molecule has 53 heavy (non-hydrogen) atoms. The summed E-state index contributed by atoms with van der Waals surface area (Å²) >= 11 is 0. The van der Waals surface area contributed by atoms with Crippen LogP contribution in [0.2, 0.25) is 65.5 Å². The summed E-state index contributed by atoms with van der Waals surface area (Å²) in [5.74, 6) is 0. The van der Waals surface area contributed by atoms with E-state index in [1.165, 1.54) is 13.1 Å². The SMILES string of the molecule is C[Si](C)(C)O[SiH2][Si](=O)[Si](=O)[Si](=O)[Si](=O)[Si](=O)[Si](=O)[Si](=O)[Si](=O)O[Si](C)(C)[Si](=O)[Si](=O)[Si](=O)[Si](=O)[Si](=O)[Si](=O)[Si](=O)[Si](=O)[Si](=O)O[Si](C)(C)O[Si](C)(C)C. The first-order valence-electron chi connectivity index (χ1n) is 14.5. The zero-order valence-corrected chi connectivity index (χ0v) is 52.2. The first kappa shape index (κ1) is 53.9. The van der Waals surface area contributed by atoms with Gasteiger partial charge >= 0.3 is 141 Å². The lowest BCUT2D eigenvalue weighted by Gasteiger charge is -2.30. The van der Waals surface area contributed by atoms with Crippen LogP contribution < -0.4 is 0 Å². The van der Waals surface area contributed by atoms with E-state index in [1.807, 2.05) is 0 Å². The fourth-order valence-corrected chi connectivity index (χ4v) is 204. The van der Waals surface area contributed by atoms with Gasteiger partial charge in [0.2, 0.25) is 9.28 Å². The molecule has 21 nitrogen and oxygen atoms in total. The van der Waals surface area contributed by atoms with Crippen LogP contribution in [0, 0.1) is 0 Å². The molecule has 0 atom stereocenters. The first-order chi connectivity index (χ1) is 23.6. The smallest absolute Gasteiger partial charge is 0.533 e. The lowest BCUT2D eigenvalue weighted by molar-refractivity contribution is 0.377. The van der Waals surface area contributed by atoms with Crippen LogP contribution in [0.4, 0.5) is 0 Å². The summed E-state index contributed by atoms with van der Waals surface area (Å²) in [5.41, 5.74) is 0. The molecule has 0 radical (unpaired) electrons. The molecule has 0 saturated carbocycles. The summed E-state index contributed by atoms with van der Waals surface area (Å²) in [6.07, 6.45) is 0. The van der Waals surface area contributed by atoms with E-state index in [0.29, 0.717) is 0 Å². The molecule has 0 spiro atoms. The topological polar surface area (TPSA) is 327 Å². The van der Waals surface area contributed by atoms with Gasteiger partial charge in [0.05, 0.1) is 0 Å². The highest BCUT2D eigenvalue weighted by molar-refractivity contribution is 7.77. The van der Waals surface area contributed by atoms with Crippen molar-refractivity contribution in [2.45, 2.75) is 65.5 Å². The Hall–Kier alpha value is 0.891. The van der Waals surface area contributed by atoms with Gasteiger partial charge in [0.1, 0.15) is 0 Å². The lowest BCUT2D eigenvalue weighted by Crippen LogP contribution is -2.59. The molecule has 0 aliphatic carbocycles. The van der Waals surface area contributed by atoms with Gasteiger partial charge in [0.25, 0.3) is 7.83 Å². The number of hydrogen-bond acceptors (Lipinski definition) is 21. The fraction of sp³-hybridized carbons (Fsp3) is 1.00. The zero-order valence-electron chi connectivity index (χ0n) is 29.8. The predicted molar refractivity (Wildman–Crippen MR) is 204 cm³/mol. The van der Waals surface area contributed by atoms with Gasteiger partial charge in [0.15, 0.2) is 16.6 Å². The van der Waals surface area contributed by atoms with Crippen LogP contribution in [0.3, 0.4) is 0 Å². The summed E-state index contributed by atoms with van der Waals surface area (Å²) in [4.78, 5) is 0. The second-order valence-corrected chi connectivity index (χ2v) is 115. The molecule has 0 saturated heterocycles. The number of hydrogen-bond donors (Lipinski definition) is 0. The lowest BCUT2D eigenvalue weighted by atomic mass is 11.8. The van der Waals surface area contributed by atoms with Crippen LogP contribution in [0.15, 0.2) is 0 Å². The van der Waals surface area contributed by atoms with E-state index in [-0.39, 0.29) is 0 Å². The van der Waals surface area contributed by atoms with E-state index in [9.17, 15) is 75.9 Å². The summed E-state index contributed by atoms with van der Waals surface area (Å²) in [6, 6.07) is 0. The molecule has 286 valence electrons. The molecule has 0 aromatic heterocycles. The van der Waals surface area contributed by atoms with Crippen LogP contribution in [0.25, 0.3) is 0 Å². The van der Waals surface area contributed by atoms with Crippen LogP contribution in [0.5, 0.6) is 0 Å². The molecule has 0 N–H and O–H groups in total. The summed E-state index contributed by atoms with van der Waals surface area (Å²) < 4.78 is 237. The van der Waals surface area contributed by atoms with Crippen LogP contribution >= 0.6 is 0 Å². The Labute approximate surface area is 329 Å². The second-order valence-electron chi connectivity index (χ2n) is 13.3. The molecule has 0 amide bonds. The molecule has 0 bridgehead atoms. The maximum atomic E-state index is 13.1. The molecule has 0 heterocycles. The van der Waals surface area contributed by atoms with E-state index < -0.39 is 175 Å². The minimum absolute atomic E-state index is 0.976. The van der Waals surface area contributed by atoms with Gasteiger partial charge in [-0.25, -0.2) is 0 Å². The Morgan fingerprint density at radius 3 is 1.00 bits per heavy atom. The van der Waals surface area contributed by atoms with Gasteiger partial charge in [-0.05, 0) is 65.5 Å². The highest BCUT2D eigenvalue weighted by atomic mass is 30.1. The van der Waals surface area contributed by atoms with Gasteiger partial charge in [0, 0.05) is 0 Å². The maximum Gasteiger partial charge on any atom is 0.533 e. The fourth-order valence-electron chi connectivity index (χ4n) is 3.32. The largest absolute Gasteiger partial charge is 0.575 e. The summed E-state index contributed by atoms with van der Waals surface area (Å²) in [5, 5.41) is 0. The predicted octanol–water partition coefficient (Wildman–Crippen LogP) is -5.37. The van der Waals surface area contributed by atoms with Crippen molar-refractivity contribution in [3.63, 3.8) is 0 Å². The van der Waals surface area contributed by atoms with Gasteiger partial charge < -0.3 is 92.3 Å². The molecule has 0 unspecified atom stereocenters. The minimum Gasteiger partial charge on any atom is -0.575 e. The molecule has 0 aromatic rings. The number of rotatable bonds is 25. The van der Waals surface area contributed by atoms with Crippen LogP contribution in [-0.4, -0.2) is 175 Å². The van der Waals surface area contributed by atoms with E-state index in [1.54, 1.807) is 39.3 Å². The Balaban J connectivity index is 5.67.